The molecule has 1 saturated carbocycles. The molecule has 1 spiro atoms. The molecule has 0 atom stereocenters. The topological polar surface area (TPSA) is 55.2 Å². The van der Waals surface area contributed by atoms with Crippen molar-refractivity contribution in [3.05, 3.63) is 45.7 Å². The molecule has 5 nitrogen and oxygen atoms in total. The highest BCUT2D eigenvalue weighted by Gasteiger charge is 2.43. The number of piperidine rings is 1. The van der Waals surface area contributed by atoms with Crippen LogP contribution in [0.15, 0.2) is 34.2 Å². The predicted octanol–water partition coefficient (Wildman–Crippen LogP) is 5.18. The van der Waals surface area contributed by atoms with E-state index >= 15 is 0 Å². The first-order valence-electron chi connectivity index (χ1n) is 12.8. The van der Waals surface area contributed by atoms with Gasteiger partial charge in [0, 0.05) is 30.6 Å². The van der Waals surface area contributed by atoms with Crippen LogP contribution < -0.4 is 5.56 Å². The van der Waals surface area contributed by atoms with Crippen LogP contribution in [0.4, 0.5) is 0 Å². The second-order valence-corrected chi connectivity index (χ2v) is 10.9. The Labute approximate surface area is 201 Å². The third-order valence-electron chi connectivity index (χ3n) is 7.76. The van der Waals surface area contributed by atoms with Crippen LogP contribution in [0.1, 0.15) is 75.8 Å². The molecule has 3 aliphatic rings. The molecule has 1 saturated heterocycles. The van der Waals surface area contributed by atoms with E-state index in [0.29, 0.717) is 17.5 Å². The van der Waals surface area contributed by atoms with Gasteiger partial charge in [-0.1, -0.05) is 62.2 Å². The van der Waals surface area contributed by atoms with Crippen LogP contribution in [-0.2, 0) is 23.2 Å². The monoisotopic (exact) mass is 465 g/mol. The number of hydrogen-bond donors (Lipinski definition) is 0. The highest BCUT2D eigenvalue weighted by atomic mass is 32.2. The van der Waals surface area contributed by atoms with Gasteiger partial charge in [-0.25, -0.2) is 4.98 Å². The maximum absolute atomic E-state index is 14.1. The molecule has 1 aromatic carbocycles. The molecular weight excluding hydrogens is 430 g/mol. The molecule has 0 bridgehead atoms. The summed E-state index contributed by atoms with van der Waals surface area (Å²) in [6.07, 6.45) is 10.9. The summed E-state index contributed by atoms with van der Waals surface area (Å²) in [5.74, 6) is 0.515. The molecular formula is C27H35N3O2S. The first-order valence-corrected chi connectivity index (χ1v) is 13.8. The van der Waals surface area contributed by atoms with Gasteiger partial charge in [-0.2, -0.15) is 0 Å². The Hall–Kier alpha value is -2.08. The average molecular weight is 466 g/mol. The van der Waals surface area contributed by atoms with Gasteiger partial charge in [0.25, 0.3) is 5.56 Å². The highest BCUT2D eigenvalue weighted by molar-refractivity contribution is 7.99. The molecule has 6 heteroatoms. The third kappa shape index (κ3) is 4.27. The van der Waals surface area contributed by atoms with Crippen LogP contribution >= 0.6 is 11.8 Å². The molecule has 0 N–H and O–H groups in total. The molecule has 1 aliphatic heterocycles. The minimum Gasteiger partial charge on any atom is -0.342 e. The van der Waals surface area contributed by atoms with Gasteiger partial charge in [0.05, 0.1) is 17.0 Å². The summed E-state index contributed by atoms with van der Waals surface area (Å²) in [6.45, 7) is 4.46. The predicted molar refractivity (Wildman–Crippen MR) is 134 cm³/mol. The van der Waals surface area contributed by atoms with Crippen molar-refractivity contribution in [2.45, 2.75) is 88.2 Å². The molecule has 33 heavy (non-hydrogen) atoms. The van der Waals surface area contributed by atoms with Gasteiger partial charge in [0.2, 0.25) is 5.91 Å². The van der Waals surface area contributed by atoms with Gasteiger partial charge in [-0.05, 0) is 50.5 Å². The number of carbonyl (C=O) groups excluding carboxylic acids is 1. The van der Waals surface area contributed by atoms with E-state index in [1.807, 2.05) is 15.5 Å². The molecule has 1 aromatic heterocycles. The number of aromatic nitrogens is 2. The van der Waals surface area contributed by atoms with Crippen LogP contribution in [0, 0.1) is 0 Å². The van der Waals surface area contributed by atoms with Crippen molar-refractivity contribution >= 4 is 17.7 Å². The van der Waals surface area contributed by atoms with E-state index in [4.69, 9.17) is 4.98 Å². The summed E-state index contributed by atoms with van der Waals surface area (Å²) < 4.78 is 1.87. The second-order valence-electron chi connectivity index (χ2n) is 9.98. The SMILES string of the molecule is CCCn1c(SCC(=O)N2CCCCC2)nc2c(c1=O)C1(CCCCC1)Cc1ccccc1-2. The second kappa shape index (κ2) is 9.65. The lowest BCUT2D eigenvalue weighted by Crippen LogP contribution is -2.43. The number of amides is 1. The van der Waals surface area contributed by atoms with Crippen LogP contribution in [0.3, 0.4) is 0 Å². The standard InChI is InChI=1S/C27H35N3O2S/c1-2-15-30-25(32)23-24(28-26(30)33-19-22(31)29-16-9-4-10-17-29)21-12-6-5-11-20(21)18-27(23)13-7-3-8-14-27/h5-6,11-12H,2-4,7-10,13-19H2,1H3. The van der Waals surface area contributed by atoms with E-state index in [1.165, 1.54) is 43.0 Å². The zero-order chi connectivity index (χ0) is 22.8. The summed E-state index contributed by atoms with van der Waals surface area (Å²) >= 11 is 1.45. The molecule has 2 fully saturated rings. The van der Waals surface area contributed by atoms with E-state index < -0.39 is 0 Å². The summed E-state index contributed by atoms with van der Waals surface area (Å²) in [5.41, 5.74) is 4.28. The fourth-order valence-electron chi connectivity index (χ4n) is 6.11. The first-order chi connectivity index (χ1) is 16.1. The van der Waals surface area contributed by atoms with E-state index in [9.17, 15) is 9.59 Å². The van der Waals surface area contributed by atoms with Crippen molar-refractivity contribution < 1.29 is 4.79 Å². The molecule has 2 heterocycles. The minimum absolute atomic E-state index is 0.0890. The summed E-state index contributed by atoms with van der Waals surface area (Å²) in [7, 11) is 0. The minimum atomic E-state index is -0.0890. The van der Waals surface area contributed by atoms with Crippen molar-refractivity contribution in [2.24, 2.45) is 0 Å². The smallest absolute Gasteiger partial charge is 0.258 e. The van der Waals surface area contributed by atoms with E-state index in [0.717, 1.165) is 68.4 Å². The van der Waals surface area contributed by atoms with Crippen LogP contribution in [0.5, 0.6) is 0 Å². The normalized spacial score (nSPS) is 19.2. The van der Waals surface area contributed by atoms with Crippen LogP contribution in [0.2, 0.25) is 0 Å². The number of carbonyl (C=O) groups is 1. The van der Waals surface area contributed by atoms with Crippen molar-refractivity contribution in [3.63, 3.8) is 0 Å². The lowest BCUT2D eigenvalue weighted by molar-refractivity contribution is -0.129. The van der Waals surface area contributed by atoms with Crippen molar-refractivity contribution in [1.29, 1.82) is 0 Å². The first kappa shape index (κ1) is 22.7. The van der Waals surface area contributed by atoms with Crippen molar-refractivity contribution in [3.8, 4) is 11.3 Å². The molecule has 0 radical (unpaired) electrons. The molecule has 2 aromatic rings. The molecule has 0 unspecified atom stereocenters. The van der Waals surface area contributed by atoms with Crippen LogP contribution in [-0.4, -0.2) is 39.2 Å². The number of fused-ring (bicyclic) bond motifs is 4. The zero-order valence-electron chi connectivity index (χ0n) is 19.8. The number of thioether (sulfide) groups is 1. The summed E-state index contributed by atoms with van der Waals surface area (Å²) in [4.78, 5) is 34.0. The average Bonchev–Trinajstić information content (AvgIpc) is 2.85. The van der Waals surface area contributed by atoms with Gasteiger partial charge >= 0.3 is 0 Å². The fraction of sp³-hybridized carbons (Fsp3) is 0.593. The summed E-state index contributed by atoms with van der Waals surface area (Å²) in [6, 6.07) is 8.48. The Kier molecular flexibility index (Phi) is 6.64. The maximum atomic E-state index is 14.1. The third-order valence-corrected chi connectivity index (χ3v) is 8.72. The van der Waals surface area contributed by atoms with Gasteiger partial charge in [-0.3, -0.25) is 14.2 Å². The van der Waals surface area contributed by atoms with Gasteiger partial charge in [-0.15, -0.1) is 0 Å². The van der Waals surface area contributed by atoms with Crippen molar-refractivity contribution in [2.75, 3.05) is 18.8 Å². The number of hydrogen-bond acceptors (Lipinski definition) is 4. The molecule has 1 amide bonds. The Morgan fingerprint density at radius 3 is 2.55 bits per heavy atom. The van der Waals surface area contributed by atoms with Gasteiger partial charge in [0.15, 0.2) is 5.16 Å². The van der Waals surface area contributed by atoms with Gasteiger partial charge < -0.3 is 4.90 Å². The largest absolute Gasteiger partial charge is 0.342 e. The van der Waals surface area contributed by atoms with Gasteiger partial charge in [0.1, 0.15) is 0 Å². The maximum Gasteiger partial charge on any atom is 0.258 e. The summed E-state index contributed by atoms with van der Waals surface area (Å²) in [5, 5.41) is 0.702. The van der Waals surface area contributed by atoms with E-state index in [-0.39, 0.29) is 16.9 Å². The zero-order valence-corrected chi connectivity index (χ0v) is 20.6. The quantitative estimate of drug-likeness (QED) is 0.451. The molecule has 5 rings (SSSR count). The number of benzene rings is 1. The van der Waals surface area contributed by atoms with E-state index in [2.05, 4.69) is 25.1 Å². The lowest BCUT2D eigenvalue weighted by Gasteiger charge is -2.42. The lowest BCUT2D eigenvalue weighted by atomic mass is 9.62. The Balaban J connectivity index is 1.56. The Bertz CT molecular complexity index is 1080. The van der Waals surface area contributed by atoms with Crippen LogP contribution in [0.25, 0.3) is 11.3 Å². The van der Waals surface area contributed by atoms with E-state index in [1.54, 1.807) is 0 Å². The molecule has 176 valence electrons. The Morgan fingerprint density at radius 2 is 1.79 bits per heavy atom. The van der Waals surface area contributed by atoms with Crippen molar-refractivity contribution in [1.82, 2.24) is 14.5 Å². The Morgan fingerprint density at radius 1 is 1.06 bits per heavy atom. The molecule has 2 aliphatic carbocycles. The number of rotatable bonds is 5. The fourth-order valence-corrected chi connectivity index (χ4v) is 7.03. The number of nitrogens with zero attached hydrogens (tertiary/aromatic N) is 3. The number of likely N-dealkylation sites (tertiary alicyclic amines) is 1. The highest BCUT2D eigenvalue weighted by Crippen LogP contribution is 2.48.